The van der Waals surface area contributed by atoms with Gasteiger partial charge in [0.2, 0.25) is 0 Å². The highest BCUT2D eigenvalue weighted by atomic mass is 19.3. The molecule has 200 valence electrons. The van der Waals surface area contributed by atoms with Gasteiger partial charge in [0.15, 0.2) is 17.5 Å². The number of hydrogen-bond acceptors (Lipinski definition) is 2. The molecule has 1 aliphatic heterocycles. The fourth-order valence-corrected chi connectivity index (χ4v) is 4.04. The van der Waals surface area contributed by atoms with Crippen LogP contribution in [-0.2, 0) is 10.8 Å². The molecule has 0 radical (unpaired) electrons. The molecular weight excluding hydrogens is 501 g/mol. The molecular formula is C28H27F7O2. The number of alkyl halides is 2. The maximum Gasteiger partial charge on any atom is 0.432 e. The van der Waals surface area contributed by atoms with Crippen molar-refractivity contribution in [2.75, 3.05) is 6.61 Å². The monoisotopic (exact) mass is 528 g/mol. The van der Waals surface area contributed by atoms with Gasteiger partial charge in [-0.25, -0.2) is 22.0 Å². The van der Waals surface area contributed by atoms with E-state index in [0.29, 0.717) is 30.2 Å². The van der Waals surface area contributed by atoms with Gasteiger partial charge in [-0.3, -0.25) is 0 Å². The smallest absolute Gasteiger partial charge is 0.429 e. The molecule has 0 N–H and O–H groups in total. The Hall–Kier alpha value is -3.07. The Balaban J connectivity index is 0.00000186. The standard InChI is InChI=1S/C26H21F7O2.C2H6/c1-14-2-7-23(34-9-8-14)16-5-3-15(4-6-16)17-10-19(27)24(20(28)11-17)26(32,33)35-18-12-21(29)25(31)22(30)13-18;1-2/h3-6,10-14,23H,2,7-9H2,1H3;1-2H3. The van der Waals surface area contributed by atoms with Gasteiger partial charge < -0.3 is 9.47 Å². The lowest BCUT2D eigenvalue weighted by atomic mass is 9.96. The molecule has 3 aromatic rings. The Labute approximate surface area is 211 Å². The Morgan fingerprint density at radius 3 is 1.89 bits per heavy atom. The first-order valence-corrected chi connectivity index (χ1v) is 12.0. The van der Waals surface area contributed by atoms with Crippen molar-refractivity contribution in [1.82, 2.24) is 0 Å². The van der Waals surface area contributed by atoms with Gasteiger partial charge in [0, 0.05) is 18.7 Å². The first-order valence-electron chi connectivity index (χ1n) is 12.0. The van der Waals surface area contributed by atoms with Gasteiger partial charge in [0.1, 0.15) is 22.9 Å². The van der Waals surface area contributed by atoms with Crippen molar-refractivity contribution in [1.29, 1.82) is 0 Å². The predicted octanol–water partition coefficient (Wildman–Crippen LogP) is 9.08. The van der Waals surface area contributed by atoms with E-state index in [-0.39, 0.29) is 23.8 Å². The van der Waals surface area contributed by atoms with Crippen molar-refractivity contribution < 1.29 is 40.2 Å². The molecule has 3 aromatic carbocycles. The zero-order valence-electron chi connectivity index (χ0n) is 20.6. The van der Waals surface area contributed by atoms with Crippen molar-refractivity contribution in [3.63, 3.8) is 0 Å². The number of benzene rings is 3. The summed E-state index contributed by atoms with van der Waals surface area (Å²) < 4.78 is 108. The van der Waals surface area contributed by atoms with Crippen molar-refractivity contribution in [2.24, 2.45) is 5.92 Å². The molecule has 4 rings (SSSR count). The van der Waals surface area contributed by atoms with Gasteiger partial charge in [-0.15, -0.1) is 0 Å². The lowest BCUT2D eigenvalue weighted by Gasteiger charge is -2.20. The molecule has 1 heterocycles. The maximum absolute atomic E-state index is 14.6. The van der Waals surface area contributed by atoms with Gasteiger partial charge in [-0.1, -0.05) is 45.0 Å². The molecule has 1 aliphatic rings. The molecule has 2 nitrogen and oxygen atoms in total. The van der Waals surface area contributed by atoms with Gasteiger partial charge in [-0.2, -0.15) is 8.78 Å². The third-order valence-corrected chi connectivity index (χ3v) is 6.00. The van der Waals surface area contributed by atoms with E-state index in [1.807, 2.05) is 13.8 Å². The first kappa shape index (κ1) is 28.5. The van der Waals surface area contributed by atoms with Crippen molar-refractivity contribution in [2.45, 2.75) is 52.2 Å². The lowest BCUT2D eigenvalue weighted by molar-refractivity contribution is -0.189. The number of ether oxygens (including phenoxy) is 2. The second kappa shape index (κ2) is 12.0. The molecule has 0 amide bonds. The SMILES string of the molecule is CC.CC1CCOC(c2ccc(-c3cc(F)c(C(F)(F)Oc4cc(F)c(F)c(F)c4)c(F)c3)cc2)CC1. The van der Waals surface area contributed by atoms with Crippen LogP contribution < -0.4 is 4.74 Å². The van der Waals surface area contributed by atoms with Crippen LogP contribution in [0, 0.1) is 35.0 Å². The van der Waals surface area contributed by atoms with Gasteiger partial charge >= 0.3 is 6.11 Å². The second-order valence-electron chi connectivity index (χ2n) is 8.59. The van der Waals surface area contributed by atoms with E-state index in [0.717, 1.165) is 24.8 Å². The van der Waals surface area contributed by atoms with Crippen LogP contribution >= 0.6 is 0 Å². The van der Waals surface area contributed by atoms with E-state index in [1.54, 1.807) is 24.3 Å². The van der Waals surface area contributed by atoms with Crippen LogP contribution in [0.25, 0.3) is 11.1 Å². The zero-order chi connectivity index (χ0) is 27.3. The molecule has 1 saturated heterocycles. The largest absolute Gasteiger partial charge is 0.432 e. The van der Waals surface area contributed by atoms with Crippen LogP contribution in [0.2, 0.25) is 0 Å². The Bertz CT molecular complexity index is 1170. The summed E-state index contributed by atoms with van der Waals surface area (Å²) >= 11 is 0. The van der Waals surface area contributed by atoms with Crippen LogP contribution in [0.3, 0.4) is 0 Å². The van der Waals surface area contributed by atoms with Crippen molar-refractivity contribution in [3.05, 3.63) is 88.7 Å². The van der Waals surface area contributed by atoms with E-state index < -0.39 is 46.5 Å². The topological polar surface area (TPSA) is 18.5 Å². The fourth-order valence-electron chi connectivity index (χ4n) is 4.04. The molecule has 9 heteroatoms. The highest BCUT2D eigenvalue weighted by molar-refractivity contribution is 5.64. The number of halogens is 7. The summed E-state index contributed by atoms with van der Waals surface area (Å²) in [5.74, 6) is -9.31. The summed E-state index contributed by atoms with van der Waals surface area (Å²) in [6.45, 7) is 6.80. The van der Waals surface area contributed by atoms with E-state index in [2.05, 4.69) is 11.7 Å². The molecule has 0 aliphatic carbocycles. The Morgan fingerprint density at radius 1 is 0.757 bits per heavy atom. The fraction of sp³-hybridized carbons (Fsp3) is 0.357. The van der Waals surface area contributed by atoms with Crippen molar-refractivity contribution in [3.8, 4) is 16.9 Å². The number of hydrogen-bond donors (Lipinski definition) is 0. The summed E-state index contributed by atoms with van der Waals surface area (Å²) in [5, 5.41) is 0. The van der Waals surface area contributed by atoms with Crippen LogP contribution in [0.4, 0.5) is 30.7 Å². The second-order valence-corrected chi connectivity index (χ2v) is 8.59. The maximum atomic E-state index is 14.6. The lowest BCUT2D eigenvalue weighted by Crippen LogP contribution is -2.25. The number of rotatable bonds is 5. The summed E-state index contributed by atoms with van der Waals surface area (Å²) in [4.78, 5) is 0. The quantitative estimate of drug-likeness (QED) is 0.243. The molecule has 2 atom stereocenters. The molecule has 2 unspecified atom stereocenters. The highest BCUT2D eigenvalue weighted by Gasteiger charge is 2.41. The van der Waals surface area contributed by atoms with E-state index in [1.165, 1.54) is 0 Å². The van der Waals surface area contributed by atoms with Gasteiger partial charge in [-0.05, 0) is 54.0 Å². The average Bonchev–Trinajstić information content (AvgIpc) is 3.07. The normalized spacial score (nSPS) is 18.0. The van der Waals surface area contributed by atoms with Crippen LogP contribution in [-0.4, -0.2) is 6.61 Å². The first-order chi connectivity index (χ1) is 17.5. The third-order valence-electron chi connectivity index (χ3n) is 6.00. The van der Waals surface area contributed by atoms with Crippen LogP contribution in [0.5, 0.6) is 5.75 Å². The summed E-state index contributed by atoms with van der Waals surface area (Å²) in [6.07, 6.45) is -1.91. The van der Waals surface area contributed by atoms with Gasteiger partial charge in [0.25, 0.3) is 0 Å². The van der Waals surface area contributed by atoms with E-state index in [9.17, 15) is 30.7 Å². The minimum Gasteiger partial charge on any atom is -0.429 e. The summed E-state index contributed by atoms with van der Waals surface area (Å²) in [5.41, 5.74) is -0.463. The molecule has 1 fully saturated rings. The van der Waals surface area contributed by atoms with Crippen LogP contribution in [0.1, 0.15) is 57.3 Å². The molecule has 37 heavy (non-hydrogen) atoms. The van der Waals surface area contributed by atoms with E-state index >= 15 is 0 Å². The van der Waals surface area contributed by atoms with E-state index in [4.69, 9.17) is 4.74 Å². The zero-order valence-corrected chi connectivity index (χ0v) is 20.6. The molecule has 0 spiro atoms. The van der Waals surface area contributed by atoms with Crippen molar-refractivity contribution >= 4 is 0 Å². The minimum absolute atomic E-state index is 0.000350. The highest BCUT2D eigenvalue weighted by Crippen LogP contribution is 2.38. The van der Waals surface area contributed by atoms with Gasteiger partial charge in [0.05, 0.1) is 6.10 Å². The Morgan fingerprint density at radius 2 is 1.32 bits per heavy atom. The predicted molar refractivity (Wildman–Crippen MR) is 126 cm³/mol. The third kappa shape index (κ3) is 6.63. The Kier molecular flexibility index (Phi) is 9.23. The summed E-state index contributed by atoms with van der Waals surface area (Å²) in [7, 11) is 0. The van der Waals surface area contributed by atoms with Crippen LogP contribution in [0.15, 0.2) is 48.5 Å². The average molecular weight is 529 g/mol. The minimum atomic E-state index is -4.64. The molecule has 0 saturated carbocycles. The molecule has 0 aromatic heterocycles. The molecule has 0 bridgehead atoms. The summed E-state index contributed by atoms with van der Waals surface area (Å²) in [6, 6.07) is 8.46.